The van der Waals surface area contributed by atoms with Crippen LogP contribution in [0.1, 0.15) is 36.0 Å². The standard InChI is InChI=1S/C14H17ClN2OS/c1-9(2)14-17-11(8-19-14)7-18-13-4-3-10(6-16)5-12(13)15/h3-5,8-9H,6-7,16H2,1-2H3. The van der Waals surface area contributed by atoms with Gasteiger partial charge in [0.1, 0.15) is 12.4 Å². The minimum atomic E-state index is 0.435. The maximum atomic E-state index is 6.13. The van der Waals surface area contributed by atoms with E-state index in [4.69, 9.17) is 22.1 Å². The van der Waals surface area contributed by atoms with Crippen molar-refractivity contribution in [1.29, 1.82) is 0 Å². The van der Waals surface area contributed by atoms with E-state index in [1.54, 1.807) is 11.3 Å². The van der Waals surface area contributed by atoms with Crippen LogP contribution in [0.15, 0.2) is 23.6 Å². The fourth-order valence-corrected chi connectivity index (χ4v) is 2.67. The molecule has 0 atom stereocenters. The topological polar surface area (TPSA) is 48.1 Å². The van der Waals surface area contributed by atoms with Crippen molar-refractivity contribution in [3.63, 3.8) is 0 Å². The van der Waals surface area contributed by atoms with E-state index in [0.717, 1.165) is 16.3 Å². The zero-order chi connectivity index (χ0) is 13.8. The van der Waals surface area contributed by atoms with Gasteiger partial charge in [-0.25, -0.2) is 4.98 Å². The number of benzene rings is 1. The van der Waals surface area contributed by atoms with Gasteiger partial charge in [0.2, 0.25) is 0 Å². The van der Waals surface area contributed by atoms with Crippen molar-refractivity contribution in [1.82, 2.24) is 4.98 Å². The number of nitrogens with zero attached hydrogens (tertiary/aromatic N) is 1. The number of halogens is 1. The number of nitrogens with two attached hydrogens (primary N) is 1. The molecule has 2 N–H and O–H groups in total. The molecule has 0 radical (unpaired) electrons. The summed E-state index contributed by atoms with van der Waals surface area (Å²) >= 11 is 7.79. The van der Waals surface area contributed by atoms with Crippen molar-refractivity contribution in [2.45, 2.75) is 32.9 Å². The van der Waals surface area contributed by atoms with Crippen LogP contribution in [0.25, 0.3) is 0 Å². The lowest BCUT2D eigenvalue weighted by atomic mass is 10.2. The van der Waals surface area contributed by atoms with Crippen molar-refractivity contribution in [3.05, 3.63) is 44.9 Å². The normalized spacial score (nSPS) is 11.0. The Balaban J connectivity index is 2.01. The Bertz CT molecular complexity index is 554. The molecule has 2 aromatic rings. The minimum absolute atomic E-state index is 0.435. The predicted molar refractivity (Wildman–Crippen MR) is 79.9 cm³/mol. The molecule has 0 aliphatic rings. The van der Waals surface area contributed by atoms with E-state index in [9.17, 15) is 0 Å². The highest BCUT2D eigenvalue weighted by atomic mass is 35.5. The quantitative estimate of drug-likeness (QED) is 0.908. The highest BCUT2D eigenvalue weighted by molar-refractivity contribution is 7.09. The first-order chi connectivity index (χ1) is 9.10. The maximum absolute atomic E-state index is 6.13. The summed E-state index contributed by atoms with van der Waals surface area (Å²) < 4.78 is 5.69. The van der Waals surface area contributed by atoms with E-state index < -0.39 is 0 Å². The van der Waals surface area contributed by atoms with Crippen LogP contribution in [0, 0.1) is 0 Å². The molecule has 0 aliphatic carbocycles. The molecule has 0 fully saturated rings. The number of rotatable bonds is 5. The van der Waals surface area contributed by atoms with Gasteiger partial charge in [-0.3, -0.25) is 0 Å². The summed E-state index contributed by atoms with van der Waals surface area (Å²) in [5.74, 6) is 1.11. The zero-order valence-electron chi connectivity index (χ0n) is 11.0. The van der Waals surface area contributed by atoms with Crippen LogP contribution in [0.5, 0.6) is 5.75 Å². The first kappa shape index (κ1) is 14.3. The fourth-order valence-electron chi connectivity index (χ4n) is 1.59. The molecule has 102 valence electrons. The van der Waals surface area contributed by atoms with Gasteiger partial charge in [0.05, 0.1) is 15.7 Å². The minimum Gasteiger partial charge on any atom is -0.486 e. The third-order valence-corrected chi connectivity index (χ3v) is 4.16. The van der Waals surface area contributed by atoms with E-state index in [1.165, 1.54) is 0 Å². The first-order valence-corrected chi connectivity index (χ1v) is 7.41. The lowest BCUT2D eigenvalue weighted by Crippen LogP contribution is -1.99. The molecule has 1 aromatic carbocycles. The maximum Gasteiger partial charge on any atom is 0.138 e. The Morgan fingerprint density at radius 1 is 1.42 bits per heavy atom. The van der Waals surface area contributed by atoms with E-state index in [-0.39, 0.29) is 0 Å². The fraction of sp³-hybridized carbons (Fsp3) is 0.357. The average molecular weight is 297 g/mol. The summed E-state index contributed by atoms with van der Waals surface area (Å²) in [6, 6.07) is 5.60. The number of hydrogen-bond acceptors (Lipinski definition) is 4. The monoisotopic (exact) mass is 296 g/mol. The van der Waals surface area contributed by atoms with Crippen molar-refractivity contribution in [2.75, 3.05) is 0 Å². The molecule has 19 heavy (non-hydrogen) atoms. The smallest absolute Gasteiger partial charge is 0.138 e. The van der Waals surface area contributed by atoms with Gasteiger partial charge >= 0.3 is 0 Å². The lowest BCUT2D eigenvalue weighted by molar-refractivity contribution is 0.302. The van der Waals surface area contributed by atoms with Gasteiger partial charge in [-0.2, -0.15) is 0 Å². The largest absolute Gasteiger partial charge is 0.486 e. The van der Waals surface area contributed by atoms with Crippen LogP contribution < -0.4 is 10.5 Å². The van der Waals surface area contributed by atoms with Crippen LogP contribution in [0.3, 0.4) is 0 Å². The summed E-state index contributed by atoms with van der Waals surface area (Å²) in [5.41, 5.74) is 7.49. The summed E-state index contributed by atoms with van der Waals surface area (Å²) in [6.45, 7) is 5.17. The zero-order valence-corrected chi connectivity index (χ0v) is 12.6. The van der Waals surface area contributed by atoms with E-state index in [2.05, 4.69) is 18.8 Å². The van der Waals surface area contributed by atoms with Gasteiger partial charge in [-0.1, -0.05) is 31.5 Å². The Morgan fingerprint density at radius 3 is 2.79 bits per heavy atom. The van der Waals surface area contributed by atoms with Gasteiger partial charge in [0.15, 0.2) is 0 Å². The Labute approximate surface area is 122 Å². The Morgan fingerprint density at radius 2 is 2.21 bits per heavy atom. The lowest BCUT2D eigenvalue weighted by Gasteiger charge is -2.07. The van der Waals surface area contributed by atoms with Crippen molar-refractivity contribution >= 4 is 22.9 Å². The summed E-state index contributed by atoms with van der Waals surface area (Å²) in [7, 11) is 0. The second-order valence-electron chi connectivity index (χ2n) is 4.59. The molecule has 2 rings (SSSR count). The van der Waals surface area contributed by atoms with Crippen molar-refractivity contribution in [2.24, 2.45) is 5.73 Å². The van der Waals surface area contributed by atoms with Gasteiger partial charge in [-0.05, 0) is 17.7 Å². The predicted octanol–water partition coefficient (Wildman–Crippen LogP) is 3.96. The van der Waals surface area contributed by atoms with Crippen LogP contribution in [0.4, 0.5) is 0 Å². The average Bonchev–Trinajstić information content (AvgIpc) is 2.86. The van der Waals surface area contributed by atoms with Gasteiger partial charge in [0.25, 0.3) is 0 Å². The van der Waals surface area contributed by atoms with Gasteiger partial charge < -0.3 is 10.5 Å². The highest BCUT2D eigenvalue weighted by Gasteiger charge is 2.08. The molecule has 0 bridgehead atoms. The number of hydrogen-bond donors (Lipinski definition) is 1. The molecule has 1 aromatic heterocycles. The van der Waals surface area contributed by atoms with Crippen LogP contribution in [-0.4, -0.2) is 4.98 Å². The molecule has 5 heteroatoms. The second kappa shape index (κ2) is 6.37. The molecule has 0 amide bonds. The number of aromatic nitrogens is 1. The van der Waals surface area contributed by atoms with E-state index >= 15 is 0 Å². The first-order valence-electron chi connectivity index (χ1n) is 6.15. The molecule has 1 heterocycles. The number of ether oxygens (including phenoxy) is 1. The molecule has 0 saturated carbocycles. The summed E-state index contributed by atoms with van der Waals surface area (Å²) in [6.07, 6.45) is 0. The SMILES string of the molecule is CC(C)c1nc(COc2ccc(CN)cc2Cl)cs1. The van der Waals surface area contributed by atoms with Gasteiger partial charge in [-0.15, -0.1) is 11.3 Å². The van der Waals surface area contributed by atoms with Crippen LogP contribution in [-0.2, 0) is 13.2 Å². The Hall–Kier alpha value is -1.10. The molecule has 3 nitrogen and oxygen atoms in total. The highest BCUT2D eigenvalue weighted by Crippen LogP contribution is 2.27. The molecular formula is C14H17ClN2OS. The van der Waals surface area contributed by atoms with Crippen LogP contribution in [0.2, 0.25) is 5.02 Å². The van der Waals surface area contributed by atoms with Crippen LogP contribution >= 0.6 is 22.9 Å². The third kappa shape index (κ3) is 3.69. The molecule has 0 spiro atoms. The summed E-state index contributed by atoms with van der Waals surface area (Å²) in [4.78, 5) is 4.52. The van der Waals surface area contributed by atoms with Crippen molar-refractivity contribution in [3.8, 4) is 5.75 Å². The van der Waals surface area contributed by atoms with Gasteiger partial charge in [0, 0.05) is 17.8 Å². The second-order valence-corrected chi connectivity index (χ2v) is 5.89. The molecule has 0 saturated heterocycles. The molecule has 0 unspecified atom stereocenters. The Kier molecular flexibility index (Phi) is 4.80. The third-order valence-electron chi connectivity index (χ3n) is 2.67. The van der Waals surface area contributed by atoms with E-state index in [0.29, 0.717) is 29.8 Å². The molecular weight excluding hydrogens is 280 g/mol. The number of thiazole rings is 1. The van der Waals surface area contributed by atoms with Crippen molar-refractivity contribution < 1.29 is 4.74 Å². The van der Waals surface area contributed by atoms with E-state index in [1.807, 2.05) is 23.6 Å². The summed E-state index contributed by atoms with van der Waals surface area (Å²) in [5, 5.41) is 3.74. The molecule has 0 aliphatic heterocycles.